The first-order chi connectivity index (χ1) is 21.7. The molecule has 2 amide bonds. The fraction of sp³-hybridized carbons (Fsp3) is 0.371. The van der Waals surface area contributed by atoms with E-state index in [-0.39, 0.29) is 24.0 Å². The number of hydrogen-bond donors (Lipinski definition) is 1. The van der Waals surface area contributed by atoms with Crippen LogP contribution in [0.25, 0.3) is 34.4 Å². The Morgan fingerprint density at radius 3 is 2.33 bits per heavy atom. The summed E-state index contributed by atoms with van der Waals surface area (Å²) >= 11 is 0. The molecular formula is C35H39N5O5. The molecule has 45 heavy (non-hydrogen) atoms. The number of amides is 2. The van der Waals surface area contributed by atoms with Crippen molar-refractivity contribution < 1.29 is 24.2 Å². The lowest BCUT2D eigenvalue weighted by Crippen LogP contribution is -2.51. The highest BCUT2D eigenvalue weighted by molar-refractivity contribution is 6.09. The minimum Gasteiger partial charge on any atom is -0.508 e. The summed E-state index contributed by atoms with van der Waals surface area (Å²) in [4.78, 5) is 35.6. The summed E-state index contributed by atoms with van der Waals surface area (Å²) < 4.78 is 13.5. The molecule has 2 saturated heterocycles. The third-order valence-electron chi connectivity index (χ3n) is 7.96. The molecule has 6 rings (SSSR count). The van der Waals surface area contributed by atoms with Crippen molar-refractivity contribution in [2.75, 3.05) is 32.8 Å². The van der Waals surface area contributed by atoms with E-state index in [0.717, 1.165) is 30.4 Å². The van der Waals surface area contributed by atoms with Crippen LogP contribution in [0.2, 0.25) is 0 Å². The Morgan fingerprint density at radius 1 is 0.956 bits per heavy atom. The molecule has 0 bridgehead atoms. The van der Waals surface area contributed by atoms with Crippen LogP contribution < -0.4 is 0 Å². The number of phenols is 1. The van der Waals surface area contributed by atoms with Crippen LogP contribution in [0.3, 0.4) is 0 Å². The minimum atomic E-state index is -0.594. The second kappa shape index (κ2) is 12.7. The Kier molecular flexibility index (Phi) is 8.58. The largest absolute Gasteiger partial charge is 0.508 e. The number of phenolic OH excluding ortho intramolecular Hbond substituents is 1. The Morgan fingerprint density at radius 2 is 1.67 bits per heavy atom. The van der Waals surface area contributed by atoms with Crippen LogP contribution in [-0.4, -0.2) is 80.1 Å². The summed E-state index contributed by atoms with van der Waals surface area (Å²) in [5.74, 6) is -0.0160. The zero-order valence-electron chi connectivity index (χ0n) is 26.0. The van der Waals surface area contributed by atoms with Gasteiger partial charge in [0.1, 0.15) is 11.4 Å². The van der Waals surface area contributed by atoms with E-state index in [2.05, 4.69) is 0 Å². The Labute approximate surface area is 262 Å². The Balaban J connectivity index is 1.43. The van der Waals surface area contributed by atoms with Crippen molar-refractivity contribution in [1.29, 1.82) is 0 Å². The van der Waals surface area contributed by atoms with Crippen LogP contribution in [0.4, 0.5) is 4.79 Å². The van der Waals surface area contributed by atoms with Gasteiger partial charge in [-0.15, -0.1) is 0 Å². The van der Waals surface area contributed by atoms with Gasteiger partial charge < -0.3 is 24.4 Å². The first kappa shape index (κ1) is 30.3. The molecule has 234 valence electrons. The van der Waals surface area contributed by atoms with Crippen molar-refractivity contribution in [1.82, 2.24) is 24.6 Å². The quantitative estimate of drug-likeness (QED) is 0.280. The summed E-state index contributed by atoms with van der Waals surface area (Å²) in [6.45, 7) is 7.63. The van der Waals surface area contributed by atoms with Crippen molar-refractivity contribution in [2.24, 2.45) is 0 Å². The lowest BCUT2D eigenvalue weighted by atomic mass is 10.0. The number of nitrogens with zero attached hydrogens (tertiary/aromatic N) is 5. The number of hydrogen-bond acceptors (Lipinski definition) is 7. The molecule has 0 aliphatic carbocycles. The van der Waals surface area contributed by atoms with Crippen LogP contribution in [0.15, 0.2) is 60.7 Å². The van der Waals surface area contributed by atoms with E-state index in [1.54, 1.807) is 34.1 Å². The molecule has 4 aromatic rings. The summed E-state index contributed by atoms with van der Waals surface area (Å²) in [5.41, 5.74) is 3.44. The SMILES string of the molecule is CC(C)(C)OC(=O)N1CCN(C(=O)c2cc(-c3ccc(O)cc3)nc3c2c(C=Cc2ccccc2)nn3C2CCCCO2)CC1. The molecule has 10 nitrogen and oxygen atoms in total. The average Bonchev–Trinajstić information content (AvgIpc) is 3.42. The number of rotatable bonds is 5. The molecule has 0 radical (unpaired) electrons. The third-order valence-corrected chi connectivity index (χ3v) is 7.96. The smallest absolute Gasteiger partial charge is 0.410 e. The van der Waals surface area contributed by atoms with Gasteiger partial charge >= 0.3 is 6.09 Å². The summed E-state index contributed by atoms with van der Waals surface area (Å²) in [6, 6.07) is 18.5. The Hall–Kier alpha value is -4.70. The molecule has 4 heterocycles. The number of pyridine rings is 1. The molecule has 2 aromatic heterocycles. The summed E-state index contributed by atoms with van der Waals surface area (Å²) in [6.07, 6.45) is 6.01. The van der Waals surface area contributed by atoms with E-state index in [1.165, 1.54) is 0 Å². The normalized spacial score (nSPS) is 17.6. The predicted molar refractivity (Wildman–Crippen MR) is 173 cm³/mol. The zero-order valence-corrected chi connectivity index (χ0v) is 26.0. The third kappa shape index (κ3) is 6.86. The standard InChI is InChI=1S/C35H39N5O5/c1-35(2,3)45-34(43)39-20-18-38(19-21-39)33(42)27-23-29(25-13-15-26(41)16-14-25)36-32-31(27)28(17-12-24-9-5-4-6-10-24)37-40(32)30-11-7-8-22-44-30/h4-6,9-10,12-17,23,30,41H,7-8,11,18-22H2,1-3H3. The van der Waals surface area contributed by atoms with E-state index in [1.807, 2.05) is 74.0 Å². The molecule has 2 aromatic carbocycles. The number of carbonyl (C=O) groups excluding carboxylic acids is 2. The predicted octanol–water partition coefficient (Wildman–Crippen LogP) is 6.37. The van der Waals surface area contributed by atoms with E-state index in [4.69, 9.17) is 19.6 Å². The Bertz CT molecular complexity index is 1690. The monoisotopic (exact) mass is 609 g/mol. The van der Waals surface area contributed by atoms with Crippen molar-refractivity contribution in [3.8, 4) is 17.0 Å². The molecule has 10 heteroatoms. The molecule has 0 spiro atoms. The van der Waals surface area contributed by atoms with Gasteiger partial charge in [-0.2, -0.15) is 5.10 Å². The van der Waals surface area contributed by atoms with Gasteiger partial charge in [0.05, 0.1) is 22.3 Å². The number of piperazine rings is 1. The minimum absolute atomic E-state index is 0.146. The topological polar surface area (TPSA) is 110 Å². The van der Waals surface area contributed by atoms with Gasteiger partial charge in [0, 0.05) is 38.3 Å². The highest BCUT2D eigenvalue weighted by atomic mass is 16.6. The molecule has 0 saturated carbocycles. The maximum atomic E-state index is 14.4. The summed E-state index contributed by atoms with van der Waals surface area (Å²) in [7, 11) is 0. The van der Waals surface area contributed by atoms with E-state index in [9.17, 15) is 14.7 Å². The van der Waals surface area contributed by atoms with Gasteiger partial charge in [-0.3, -0.25) is 4.79 Å². The van der Waals surface area contributed by atoms with Crippen molar-refractivity contribution >= 4 is 35.2 Å². The van der Waals surface area contributed by atoms with Crippen molar-refractivity contribution in [2.45, 2.75) is 51.9 Å². The number of aromatic nitrogens is 3. The van der Waals surface area contributed by atoms with Crippen molar-refractivity contribution in [3.05, 3.63) is 77.5 Å². The number of fused-ring (bicyclic) bond motifs is 1. The van der Waals surface area contributed by atoms with Crippen LogP contribution in [0, 0.1) is 0 Å². The highest BCUT2D eigenvalue weighted by Gasteiger charge is 2.31. The molecule has 2 aliphatic rings. The van der Waals surface area contributed by atoms with Gasteiger partial charge in [0.25, 0.3) is 5.91 Å². The second-order valence-corrected chi connectivity index (χ2v) is 12.5. The molecule has 2 fully saturated rings. The van der Waals surface area contributed by atoms with Crippen molar-refractivity contribution in [3.63, 3.8) is 0 Å². The van der Waals surface area contributed by atoms with E-state index in [0.29, 0.717) is 60.8 Å². The van der Waals surface area contributed by atoms with Crippen LogP contribution in [0.5, 0.6) is 5.75 Å². The molecule has 2 aliphatic heterocycles. The van der Waals surface area contributed by atoms with Gasteiger partial charge in [-0.1, -0.05) is 36.4 Å². The van der Waals surface area contributed by atoms with Gasteiger partial charge in [-0.25, -0.2) is 14.5 Å². The molecule has 1 N–H and O–H groups in total. The maximum Gasteiger partial charge on any atom is 0.410 e. The number of benzene rings is 2. The second-order valence-electron chi connectivity index (χ2n) is 12.5. The maximum absolute atomic E-state index is 14.4. The average molecular weight is 610 g/mol. The number of carbonyl (C=O) groups is 2. The highest BCUT2D eigenvalue weighted by Crippen LogP contribution is 2.34. The lowest BCUT2D eigenvalue weighted by molar-refractivity contribution is -0.0370. The zero-order chi connectivity index (χ0) is 31.6. The number of aromatic hydroxyl groups is 1. The lowest BCUT2D eigenvalue weighted by Gasteiger charge is -2.35. The fourth-order valence-electron chi connectivity index (χ4n) is 5.67. The van der Waals surface area contributed by atoms with Gasteiger partial charge in [0.2, 0.25) is 0 Å². The number of ether oxygens (including phenoxy) is 2. The first-order valence-electron chi connectivity index (χ1n) is 15.5. The van der Waals surface area contributed by atoms with Crippen LogP contribution >= 0.6 is 0 Å². The summed E-state index contributed by atoms with van der Waals surface area (Å²) in [5, 5.41) is 15.6. The van der Waals surface area contributed by atoms with Gasteiger partial charge in [0.15, 0.2) is 11.9 Å². The molecule has 1 unspecified atom stereocenters. The molecular weight excluding hydrogens is 570 g/mol. The van der Waals surface area contributed by atoms with Gasteiger partial charge in [-0.05, 0) is 82.0 Å². The molecule has 1 atom stereocenters. The van der Waals surface area contributed by atoms with Crippen LogP contribution in [-0.2, 0) is 9.47 Å². The van der Waals surface area contributed by atoms with E-state index >= 15 is 0 Å². The fourth-order valence-corrected chi connectivity index (χ4v) is 5.67. The first-order valence-corrected chi connectivity index (χ1v) is 15.5. The van der Waals surface area contributed by atoms with Crippen LogP contribution in [0.1, 0.15) is 67.9 Å². The van der Waals surface area contributed by atoms with E-state index < -0.39 is 5.60 Å².